The summed E-state index contributed by atoms with van der Waals surface area (Å²) in [5, 5.41) is 3.02. The molecule has 4 heteroatoms. The Labute approximate surface area is 122 Å². The van der Waals surface area contributed by atoms with Crippen LogP contribution in [0.1, 0.15) is 26.3 Å². The maximum Gasteiger partial charge on any atom is 0.224 e. The van der Waals surface area contributed by atoms with E-state index in [0.29, 0.717) is 0 Å². The van der Waals surface area contributed by atoms with Gasteiger partial charge < -0.3 is 16.0 Å². The van der Waals surface area contributed by atoms with E-state index >= 15 is 0 Å². The second-order valence-corrected chi connectivity index (χ2v) is 5.74. The van der Waals surface area contributed by atoms with Gasteiger partial charge in [0.2, 0.25) is 5.91 Å². The van der Waals surface area contributed by atoms with E-state index in [-0.39, 0.29) is 23.9 Å². The van der Waals surface area contributed by atoms with E-state index in [4.69, 9.17) is 5.73 Å². The van der Waals surface area contributed by atoms with Gasteiger partial charge in [0, 0.05) is 31.1 Å². The van der Waals surface area contributed by atoms with Gasteiger partial charge in [0.1, 0.15) is 0 Å². The van der Waals surface area contributed by atoms with Crippen molar-refractivity contribution in [3.05, 3.63) is 35.9 Å². The van der Waals surface area contributed by atoms with Crippen molar-refractivity contribution in [2.24, 2.45) is 11.7 Å². The van der Waals surface area contributed by atoms with Crippen molar-refractivity contribution >= 4 is 5.91 Å². The average molecular weight is 277 g/mol. The molecule has 3 atom stereocenters. The second-order valence-electron chi connectivity index (χ2n) is 5.74. The zero-order chi connectivity index (χ0) is 15.1. The third-order valence-corrected chi connectivity index (χ3v) is 3.47. The molecule has 0 heterocycles. The minimum Gasteiger partial charge on any atom is -0.352 e. The van der Waals surface area contributed by atoms with Gasteiger partial charge in [-0.2, -0.15) is 0 Å². The Balaban J connectivity index is 2.38. The van der Waals surface area contributed by atoms with Gasteiger partial charge in [-0.25, -0.2) is 0 Å². The number of likely N-dealkylation sites (N-methyl/N-ethyl adjacent to an activating group) is 1. The molecule has 0 saturated carbocycles. The second kappa shape index (κ2) is 8.02. The number of amides is 1. The molecule has 0 radical (unpaired) electrons. The number of nitrogens with one attached hydrogen (secondary N) is 1. The summed E-state index contributed by atoms with van der Waals surface area (Å²) in [6, 6.07) is 10.3. The molecular weight excluding hydrogens is 250 g/mol. The van der Waals surface area contributed by atoms with Crippen LogP contribution in [0.4, 0.5) is 0 Å². The topological polar surface area (TPSA) is 58.4 Å². The van der Waals surface area contributed by atoms with Crippen molar-refractivity contribution in [2.45, 2.75) is 39.4 Å². The average Bonchev–Trinajstić information content (AvgIpc) is 2.38. The van der Waals surface area contributed by atoms with Gasteiger partial charge >= 0.3 is 0 Å². The summed E-state index contributed by atoms with van der Waals surface area (Å²) >= 11 is 0. The summed E-state index contributed by atoms with van der Waals surface area (Å²) in [6.07, 6.45) is 0. The molecule has 1 amide bonds. The quantitative estimate of drug-likeness (QED) is 0.796. The Morgan fingerprint density at radius 1 is 1.25 bits per heavy atom. The first-order valence-corrected chi connectivity index (χ1v) is 7.18. The molecule has 0 saturated heterocycles. The van der Waals surface area contributed by atoms with Crippen LogP contribution in [0.3, 0.4) is 0 Å². The van der Waals surface area contributed by atoms with Crippen LogP contribution >= 0.6 is 0 Å². The highest BCUT2D eigenvalue weighted by Gasteiger charge is 2.19. The molecule has 112 valence electrons. The molecule has 0 bridgehead atoms. The summed E-state index contributed by atoms with van der Waals surface area (Å²) in [4.78, 5) is 14.1. The van der Waals surface area contributed by atoms with E-state index in [1.807, 2.05) is 39.0 Å². The number of hydrogen-bond donors (Lipinski definition) is 2. The van der Waals surface area contributed by atoms with Gasteiger partial charge in [-0.1, -0.05) is 37.3 Å². The van der Waals surface area contributed by atoms with Crippen LogP contribution in [-0.4, -0.2) is 36.5 Å². The van der Waals surface area contributed by atoms with Gasteiger partial charge in [-0.15, -0.1) is 0 Å². The fraction of sp³-hybridized carbons (Fsp3) is 0.562. The molecule has 1 aromatic carbocycles. The Bertz CT molecular complexity index is 405. The zero-order valence-corrected chi connectivity index (χ0v) is 13.0. The van der Waals surface area contributed by atoms with Crippen LogP contribution in [0.15, 0.2) is 30.3 Å². The summed E-state index contributed by atoms with van der Waals surface area (Å²) in [5.41, 5.74) is 7.02. The van der Waals surface area contributed by atoms with Crippen molar-refractivity contribution in [2.75, 3.05) is 13.6 Å². The van der Waals surface area contributed by atoms with Crippen molar-refractivity contribution in [3.8, 4) is 0 Å². The highest BCUT2D eigenvalue weighted by atomic mass is 16.1. The number of nitrogens with zero attached hydrogens (tertiary/aromatic N) is 1. The van der Waals surface area contributed by atoms with Gasteiger partial charge in [-0.3, -0.25) is 4.79 Å². The highest BCUT2D eigenvalue weighted by Crippen LogP contribution is 2.04. The normalized spacial score (nSPS) is 15.7. The molecule has 3 N–H and O–H groups in total. The number of carbonyl (C=O) groups excluding carboxylic acids is 1. The number of nitrogens with two attached hydrogens (primary N) is 1. The van der Waals surface area contributed by atoms with Crippen LogP contribution in [-0.2, 0) is 11.3 Å². The molecule has 0 spiro atoms. The van der Waals surface area contributed by atoms with E-state index in [2.05, 4.69) is 29.4 Å². The lowest BCUT2D eigenvalue weighted by molar-refractivity contribution is -0.125. The number of benzene rings is 1. The molecule has 0 aliphatic heterocycles. The van der Waals surface area contributed by atoms with Gasteiger partial charge in [0.05, 0.1) is 0 Å². The van der Waals surface area contributed by atoms with Crippen molar-refractivity contribution in [1.29, 1.82) is 0 Å². The smallest absolute Gasteiger partial charge is 0.224 e. The number of hydrogen-bond acceptors (Lipinski definition) is 3. The first-order valence-electron chi connectivity index (χ1n) is 7.18. The van der Waals surface area contributed by atoms with Gasteiger partial charge in [-0.05, 0) is 26.5 Å². The van der Waals surface area contributed by atoms with Crippen LogP contribution in [0, 0.1) is 5.92 Å². The molecule has 0 aromatic heterocycles. The Morgan fingerprint density at radius 2 is 1.85 bits per heavy atom. The first-order chi connectivity index (χ1) is 9.40. The molecule has 20 heavy (non-hydrogen) atoms. The standard InChI is InChI=1S/C16H27N3O/c1-12(18-16(20)13(2)14(3)17)10-19(4)11-15-8-6-5-7-9-15/h5-9,12-14H,10-11,17H2,1-4H3,(H,18,20). The van der Waals surface area contributed by atoms with Crippen molar-refractivity contribution < 1.29 is 4.79 Å². The lowest BCUT2D eigenvalue weighted by atomic mass is 10.0. The molecule has 1 rings (SSSR count). The van der Waals surface area contributed by atoms with E-state index in [1.165, 1.54) is 5.56 Å². The minimum absolute atomic E-state index is 0.0283. The minimum atomic E-state index is -0.156. The molecule has 0 aliphatic carbocycles. The predicted octanol–water partition coefficient (Wildman–Crippen LogP) is 1.61. The maximum absolute atomic E-state index is 11.9. The lowest BCUT2D eigenvalue weighted by Crippen LogP contribution is -2.45. The van der Waals surface area contributed by atoms with Crippen molar-refractivity contribution in [3.63, 3.8) is 0 Å². The predicted molar refractivity (Wildman–Crippen MR) is 83.2 cm³/mol. The lowest BCUT2D eigenvalue weighted by Gasteiger charge is -2.24. The monoisotopic (exact) mass is 277 g/mol. The molecular formula is C16H27N3O. The van der Waals surface area contributed by atoms with E-state index < -0.39 is 0 Å². The largest absolute Gasteiger partial charge is 0.352 e. The summed E-state index contributed by atoms with van der Waals surface area (Å²) in [5.74, 6) is -0.127. The summed E-state index contributed by atoms with van der Waals surface area (Å²) in [6.45, 7) is 7.43. The van der Waals surface area contributed by atoms with Crippen molar-refractivity contribution in [1.82, 2.24) is 10.2 Å². The number of rotatable bonds is 7. The SMILES string of the molecule is CC(CN(C)Cc1ccccc1)NC(=O)C(C)C(C)N. The first kappa shape index (κ1) is 16.7. The molecule has 4 nitrogen and oxygen atoms in total. The third-order valence-electron chi connectivity index (χ3n) is 3.47. The van der Waals surface area contributed by atoms with Crippen LogP contribution in [0.5, 0.6) is 0 Å². The zero-order valence-electron chi connectivity index (χ0n) is 13.0. The Kier molecular flexibility index (Phi) is 6.68. The van der Waals surface area contributed by atoms with Crippen LogP contribution in [0.25, 0.3) is 0 Å². The number of carbonyl (C=O) groups is 1. The van der Waals surface area contributed by atoms with Crippen LogP contribution in [0.2, 0.25) is 0 Å². The Morgan fingerprint density at radius 3 is 2.40 bits per heavy atom. The van der Waals surface area contributed by atoms with E-state index in [9.17, 15) is 4.79 Å². The molecule has 0 aliphatic rings. The Hall–Kier alpha value is -1.39. The fourth-order valence-electron chi connectivity index (χ4n) is 2.09. The highest BCUT2D eigenvalue weighted by molar-refractivity contribution is 5.79. The van der Waals surface area contributed by atoms with E-state index in [0.717, 1.165) is 13.1 Å². The van der Waals surface area contributed by atoms with Gasteiger partial charge in [0.25, 0.3) is 0 Å². The third kappa shape index (κ3) is 5.72. The summed E-state index contributed by atoms with van der Waals surface area (Å²) in [7, 11) is 2.06. The molecule has 3 unspecified atom stereocenters. The maximum atomic E-state index is 11.9. The van der Waals surface area contributed by atoms with E-state index in [1.54, 1.807) is 0 Å². The molecule has 0 fully saturated rings. The molecule has 1 aromatic rings. The fourth-order valence-corrected chi connectivity index (χ4v) is 2.09. The van der Waals surface area contributed by atoms with Crippen LogP contribution < -0.4 is 11.1 Å². The summed E-state index contributed by atoms with van der Waals surface area (Å²) < 4.78 is 0. The van der Waals surface area contributed by atoms with Gasteiger partial charge in [0.15, 0.2) is 0 Å².